The van der Waals surface area contributed by atoms with E-state index in [4.69, 9.17) is 5.73 Å². The standard InChI is InChI=1S/C9H18N2O2S2/c10-9(14)3-7-15(12,13)8-6-11-4-1-2-5-11/h1-8H2,(H2,10,14). The lowest BCUT2D eigenvalue weighted by molar-refractivity contribution is 0.359. The lowest BCUT2D eigenvalue weighted by atomic mass is 10.4. The Morgan fingerprint density at radius 1 is 1.27 bits per heavy atom. The normalized spacial score (nSPS) is 18.1. The van der Waals surface area contributed by atoms with E-state index in [0.717, 1.165) is 13.1 Å². The van der Waals surface area contributed by atoms with Gasteiger partial charge in [-0.2, -0.15) is 0 Å². The van der Waals surface area contributed by atoms with Crippen molar-refractivity contribution in [3.63, 3.8) is 0 Å². The number of likely N-dealkylation sites (tertiary alicyclic amines) is 1. The van der Waals surface area contributed by atoms with Gasteiger partial charge in [0.05, 0.1) is 16.5 Å². The van der Waals surface area contributed by atoms with Gasteiger partial charge in [-0.3, -0.25) is 0 Å². The summed E-state index contributed by atoms with van der Waals surface area (Å²) < 4.78 is 23.1. The van der Waals surface area contributed by atoms with Crippen LogP contribution in [-0.4, -0.2) is 49.4 Å². The molecule has 0 atom stereocenters. The van der Waals surface area contributed by atoms with Crippen molar-refractivity contribution in [2.75, 3.05) is 31.1 Å². The second kappa shape index (κ2) is 5.77. The van der Waals surface area contributed by atoms with Crippen LogP contribution in [-0.2, 0) is 9.84 Å². The van der Waals surface area contributed by atoms with Crippen LogP contribution in [0.4, 0.5) is 0 Å². The van der Waals surface area contributed by atoms with E-state index < -0.39 is 9.84 Å². The second-order valence-corrected chi connectivity index (χ2v) is 6.74. The third-order valence-electron chi connectivity index (χ3n) is 2.58. The quantitative estimate of drug-likeness (QED) is 0.681. The summed E-state index contributed by atoms with van der Waals surface area (Å²) in [6.45, 7) is 2.72. The van der Waals surface area contributed by atoms with Gasteiger partial charge >= 0.3 is 0 Å². The Balaban J connectivity index is 2.26. The molecule has 0 saturated carbocycles. The van der Waals surface area contributed by atoms with Crippen LogP contribution in [0.25, 0.3) is 0 Å². The summed E-state index contributed by atoms with van der Waals surface area (Å²) in [4.78, 5) is 2.47. The minimum absolute atomic E-state index is 0.0934. The van der Waals surface area contributed by atoms with E-state index in [9.17, 15) is 8.42 Å². The van der Waals surface area contributed by atoms with Crippen LogP contribution >= 0.6 is 12.2 Å². The molecule has 1 aliphatic heterocycles. The highest BCUT2D eigenvalue weighted by atomic mass is 32.2. The van der Waals surface area contributed by atoms with Crippen molar-refractivity contribution in [1.82, 2.24) is 4.90 Å². The lowest BCUT2D eigenvalue weighted by Gasteiger charge is -2.14. The van der Waals surface area contributed by atoms with E-state index >= 15 is 0 Å². The van der Waals surface area contributed by atoms with E-state index in [1.54, 1.807) is 0 Å². The number of nitrogens with two attached hydrogens (primary N) is 1. The van der Waals surface area contributed by atoms with E-state index in [0.29, 0.717) is 13.0 Å². The van der Waals surface area contributed by atoms with Crippen LogP contribution in [0.15, 0.2) is 0 Å². The van der Waals surface area contributed by atoms with Crippen LogP contribution in [0.2, 0.25) is 0 Å². The molecule has 15 heavy (non-hydrogen) atoms. The Morgan fingerprint density at radius 2 is 1.87 bits per heavy atom. The molecular formula is C9H18N2O2S2. The van der Waals surface area contributed by atoms with Crippen molar-refractivity contribution in [1.29, 1.82) is 0 Å². The third kappa shape index (κ3) is 5.44. The molecule has 2 N–H and O–H groups in total. The predicted octanol–water partition coefficient (Wildman–Crippen LogP) is 0.173. The zero-order chi connectivity index (χ0) is 11.3. The van der Waals surface area contributed by atoms with Gasteiger partial charge in [0.25, 0.3) is 0 Å². The van der Waals surface area contributed by atoms with Crippen molar-refractivity contribution < 1.29 is 8.42 Å². The molecule has 0 aliphatic carbocycles. The first-order valence-electron chi connectivity index (χ1n) is 5.21. The Morgan fingerprint density at radius 3 is 2.40 bits per heavy atom. The van der Waals surface area contributed by atoms with Crippen LogP contribution < -0.4 is 5.73 Å². The highest BCUT2D eigenvalue weighted by Gasteiger charge is 2.16. The average molecular weight is 250 g/mol. The van der Waals surface area contributed by atoms with Crippen LogP contribution in [0.1, 0.15) is 19.3 Å². The SMILES string of the molecule is NC(=S)CCS(=O)(=O)CCN1CCCC1. The summed E-state index contributed by atoms with van der Waals surface area (Å²) in [5.74, 6) is 0.325. The molecule has 0 aromatic rings. The van der Waals surface area contributed by atoms with Crippen LogP contribution in [0.5, 0.6) is 0 Å². The summed E-state index contributed by atoms with van der Waals surface area (Å²) in [7, 11) is -2.97. The zero-order valence-electron chi connectivity index (χ0n) is 8.81. The molecule has 0 amide bonds. The minimum Gasteiger partial charge on any atom is -0.393 e. The second-order valence-electron chi connectivity index (χ2n) is 3.92. The summed E-state index contributed by atoms with van der Waals surface area (Å²) in [5, 5.41) is 0. The molecule has 0 bridgehead atoms. The van der Waals surface area contributed by atoms with Gasteiger partial charge in [-0.25, -0.2) is 8.42 Å². The number of sulfone groups is 1. The number of thiocarbonyl (C=S) groups is 1. The highest BCUT2D eigenvalue weighted by Crippen LogP contribution is 2.07. The van der Waals surface area contributed by atoms with Gasteiger partial charge in [0.2, 0.25) is 0 Å². The third-order valence-corrected chi connectivity index (χ3v) is 4.41. The number of nitrogens with zero attached hydrogens (tertiary/aromatic N) is 1. The molecule has 0 aromatic heterocycles. The van der Waals surface area contributed by atoms with E-state index in [1.165, 1.54) is 12.8 Å². The first kappa shape index (κ1) is 12.9. The summed E-state index contributed by atoms with van der Waals surface area (Å²) in [6.07, 6.45) is 2.68. The van der Waals surface area contributed by atoms with E-state index in [-0.39, 0.29) is 16.5 Å². The van der Waals surface area contributed by atoms with Crippen molar-refractivity contribution in [2.24, 2.45) is 5.73 Å². The number of hydrogen-bond donors (Lipinski definition) is 1. The first-order chi connectivity index (χ1) is 6.99. The van der Waals surface area contributed by atoms with Crippen molar-refractivity contribution in [3.05, 3.63) is 0 Å². The van der Waals surface area contributed by atoms with Gasteiger partial charge < -0.3 is 10.6 Å². The van der Waals surface area contributed by atoms with E-state index in [2.05, 4.69) is 17.1 Å². The fourth-order valence-corrected chi connectivity index (χ4v) is 3.14. The molecule has 0 aromatic carbocycles. The van der Waals surface area contributed by atoms with Gasteiger partial charge in [-0.05, 0) is 25.9 Å². The van der Waals surface area contributed by atoms with Gasteiger partial charge in [-0.1, -0.05) is 12.2 Å². The molecule has 1 aliphatic rings. The Bertz CT molecular complexity index is 308. The van der Waals surface area contributed by atoms with Gasteiger partial charge in [0, 0.05) is 13.0 Å². The topological polar surface area (TPSA) is 63.4 Å². The molecule has 1 rings (SSSR count). The molecule has 6 heteroatoms. The summed E-state index contributed by atoms with van der Waals surface area (Å²) in [6, 6.07) is 0. The molecule has 4 nitrogen and oxygen atoms in total. The maximum Gasteiger partial charge on any atom is 0.151 e. The Labute approximate surface area is 96.7 Å². The maximum atomic E-state index is 11.5. The minimum atomic E-state index is -2.97. The monoisotopic (exact) mass is 250 g/mol. The molecule has 1 fully saturated rings. The van der Waals surface area contributed by atoms with Gasteiger partial charge in [0.1, 0.15) is 0 Å². The van der Waals surface area contributed by atoms with Gasteiger partial charge in [-0.15, -0.1) is 0 Å². The van der Waals surface area contributed by atoms with Crippen LogP contribution in [0, 0.1) is 0 Å². The maximum absolute atomic E-state index is 11.5. The molecule has 0 spiro atoms. The molecule has 1 saturated heterocycles. The van der Waals surface area contributed by atoms with Crippen molar-refractivity contribution in [2.45, 2.75) is 19.3 Å². The Hall–Kier alpha value is -0.200. The fraction of sp³-hybridized carbons (Fsp3) is 0.889. The molecule has 1 heterocycles. The summed E-state index contributed by atoms with van der Waals surface area (Å²) in [5.41, 5.74) is 5.27. The fourth-order valence-electron chi connectivity index (χ4n) is 1.63. The lowest BCUT2D eigenvalue weighted by Crippen LogP contribution is -2.28. The largest absolute Gasteiger partial charge is 0.393 e. The van der Waals surface area contributed by atoms with Crippen molar-refractivity contribution >= 4 is 27.0 Å². The highest BCUT2D eigenvalue weighted by molar-refractivity contribution is 7.91. The Kier molecular flexibility index (Phi) is 4.95. The molecular weight excluding hydrogens is 232 g/mol. The molecule has 88 valence electrons. The molecule has 0 radical (unpaired) electrons. The van der Waals surface area contributed by atoms with Crippen molar-refractivity contribution in [3.8, 4) is 0 Å². The average Bonchev–Trinajstić information content (AvgIpc) is 2.65. The first-order valence-corrected chi connectivity index (χ1v) is 7.44. The summed E-state index contributed by atoms with van der Waals surface area (Å²) >= 11 is 4.66. The predicted molar refractivity (Wildman–Crippen MR) is 65.7 cm³/mol. The van der Waals surface area contributed by atoms with E-state index in [1.807, 2.05) is 0 Å². The van der Waals surface area contributed by atoms with Crippen LogP contribution in [0.3, 0.4) is 0 Å². The molecule has 0 unspecified atom stereocenters. The number of hydrogen-bond acceptors (Lipinski definition) is 4. The zero-order valence-corrected chi connectivity index (χ0v) is 10.4. The number of rotatable bonds is 6. The smallest absolute Gasteiger partial charge is 0.151 e. The van der Waals surface area contributed by atoms with Gasteiger partial charge in [0.15, 0.2) is 9.84 Å².